The average molecular weight is 817 g/mol. The van der Waals surface area contributed by atoms with Crippen LogP contribution in [0.5, 0.6) is 0 Å². The molecule has 0 N–H and O–H groups in total. The van der Waals surface area contributed by atoms with E-state index in [0.29, 0.717) is 63.4 Å². The number of likely N-dealkylation sites (tertiary alicyclic amines) is 1. The Labute approximate surface area is 338 Å². The molecule has 0 bridgehead atoms. The van der Waals surface area contributed by atoms with Gasteiger partial charge in [-0.05, 0) is 85.7 Å². The molecule has 2 aliphatic rings. The van der Waals surface area contributed by atoms with Gasteiger partial charge in [-0.2, -0.15) is 18.2 Å². The highest BCUT2D eigenvalue weighted by atomic mass is 19.4. The predicted octanol–water partition coefficient (Wildman–Crippen LogP) is 6.67. The van der Waals surface area contributed by atoms with Crippen LogP contribution in [0.1, 0.15) is 49.2 Å². The second-order valence-corrected chi connectivity index (χ2v) is 15.5. The van der Waals surface area contributed by atoms with Gasteiger partial charge in [0.05, 0.1) is 29.7 Å². The molecule has 0 aliphatic carbocycles. The van der Waals surface area contributed by atoms with Crippen LogP contribution in [0.4, 0.5) is 22.0 Å². The van der Waals surface area contributed by atoms with Crippen LogP contribution in [-0.2, 0) is 46.4 Å². The number of nitrogens with zero attached hydrogens (tertiary/aromatic N) is 6. The summed E-state index contributed by atoms with van der Waals surface area (Å²) in [7, 11) is 0. The molecule has 7 rings (SSSR count). The second-order valence-electron chi connectivity index (χ2n) is 15.5. The van der Waals surface area contributed by atoms with E-state index in [1.165, 1.54) is 30.5 Å². The fourth-order valence-electron chi connectivity index (χ4n) is 8.01. The topological polar surface area (TPSA) is 101 Å². The fraction of sp³-hybridized carbons (Fsp3) is 0.386. The summed E-state index contributed by atoms with van der Waals surface area (Å²) in [5.41, 5.74) is 0.341. The van der Waals surface area contributed by atoms with Gasteiger partial charge in [0.2, 0.25) is 11.8 Å². The molecular weight excluding hydrogens is 772 g/mol. The van der Waals surface area contributed by atoms with Crippen molar-refractivity contribution in [3.63, 3.8) is 0 Å². The van der Waals surface area contributed by atoms with Crippen LogP contribution in [0.3, 0.4) is 0 Å². The van der Waals surface area contributed by atoms with Crippen LogP contribution in [0.2, 0.25) is 0 Å². The predicted molar refractivity (Wildman–Crippen MR) is 211 cm³/mol. The van der Waals surface area contributed by atoms with E-state index >= 15 is 0 Å². The van der Waals surface area contributed by atoms with E-state index in [-0.39, 0.29) is 66.2 Å². The summed E-state index contributed by atoms with van der Waals surface area (Å²) in [6, 6.07) is 19.0. The zero-order chi connectivity index (χ0) is 41.9. The quantitative estimate of drug-likeness (QED) is 0.137. The van der Waals surface area contributed by atoms with Crippen LogP contribution in [-0.4, -0.2) is 92.0 Å². The lowest BCUT2D eigenvalue weighted by atomic mass is 9.93. The van der Waals surface area contributed by atoms with Gasteiger partial charge in [0.25, 0.3) is 5.56 Å². The van der Waals surface area contributed by atoms with Crippen molar-refractivity contribution in [2.75, 3.05) is 39.4 Å². The smallest absolute Gasteiger partial charge is 0.378 e. The van der Waals surface area contributed by atoms with Crippen molar-refractivity contribution in [2.24, 2.45) is 0 Å². The largest absolute Gasteiger partial charge is 0.416 e. The van der Waals surface area contributed by atoms with Gasteiger partial charge < -0.3 is 19.1 Å². The van der Waals surface area contributed by atoms with Crippen LogP contribution >= 0.6 is 0 Å². The van der Waals surface area contributed by atoms with Crippen molar-refractivity contribution >= 4 is 22.8 Å². The molecule has 2 saturated heterocycles. The number of hydrogen-bond donors (Lipinski definition) is 0. The molecular formula is C44H45F5N6O4. The Balaban J connectivity index is 1.17. The van der Waals surface area contributed by atoms with E-state index in [4.69, 9.17) is 4.74 Å². The Bertz CT molecular complexity index is 2350. The SMILES string of the molecule is CC(C)(C(=O)N1CCOCC1)N1CCC(N(Cc2ccc(-c3ccc(C(F)(F)F)cc3)cc2)C(=O)Cn2c(CCc3cccc(F)c3F)nc(=O)c3cccnc32)CC1. The van der Waals surface area contributed by atoms with Crippen molar-refractivity contribution in [2.45, 2.75) is 70.4 Å². The zero-order valence-corrected chi connectivity index (χ0v) is 32.9. The highest BCUT2D eigenvalue weighted by Gasteiger charge is 2.41. The summed E-state index contributed by atoms with van der Waals surface area (Å²) >= 11 is 0. The molecule has 4 heterocycles. The number of fused-ring (bicyclic) bond motifs is 1. The number of alkyl halides is 3. The number of carbonyl (C=O) groups is 2. The summed E-state index contributed by atoms with van der Waals surface area (Å²) in [4.78, 5) is 56.1. The number of halogens is 5. The van der Waals surface area contributed by atoms with Gasteiger partial charge >= 0.3 is 6.18 Å². The Morgan fingerprint density at radius 2 is 1.51 bits per heavy atom. The molecule has 0 spiro atoms. The molecule has 10 nitrogen and oxygen atoms in total. The molecule has 59 heavy (non-hydrogen) atoms. The molecule has 0 atom stereocenters. The van der Waals surface area contributed by atoms with Crippen molar-refractivity contribution in [3.05, 3.63) is 130 Å². The van der Waals surface area contributed by atoms with Gasteiger partial charge in [0.15, 0.2) is 11.6 Å². The number of pyridine rings is 1. The number of rotatable bonds is 11. The van der Waals surface area contributed by atoms with Gasteiger partial charge in [-0.15, -0.1) is 0 Å². The molecule has 15 heteroatoms. The Hall–Kier alpha value is -5.54. The number of hydrogen-bond acceptors (Lipinski definition) is 7. The van der Waals surface area contributed by atoms with E-state index < -0.39 is 34.5 Å². The third-order valence-electron chi connectivity index (χ3n) is 11.4. The van der Waals surface area contributed by atoms with Gasteiger partial charge in [0, 0.05) is 51.4 Å². The first-order valence-electron chi connectivity index (χ1n) is 19.7. The lowest BCUT2D eigenvalue weighted by Crippen LogP contribution is -2.61. The number of carbonyl (C=O) groups excluding carboxylic acids is 2. The van der Waals surface area contributed by atoms with Crippen LogP contribution in [0.25, 0.3) is 22.2 Å². The van der Waals surface area contributed by atoms with Crippen LogP contribution in [0, 0.1) is 11.6 Å². The minimum atomic E-state index is -4.45. The maximum atomic E-state index is 14.7. The maximum absolute atomic E-state index is 14.7. The van der Waals surface area contributed by atoms with Crippen LogP contribution < -0.4 is 5.56 Å². The van der Waals surface area contributed by atoms with Gasteiger partial charge in [-0.1, -0.05) is 48.5 Å². The number of ether oxygens (including phenoxy) is 1. The highest BCUT2D eigenvalue weighted by molar-refractivity contribution is 5.85. The number of amides is 2. The lowest BCUT2D eigenvalue weighted by Gasteiger charge is -2.46. The number of aromatic nitrogens is 3. The normalized spacial score (nSPS) is 15.7. The molecule has 0 saturated carbocycles. The number of benzene rings is 3. The molecule has 2 aromatic heterocycles. The van der Waals surface area contributed by atoms with Crippen molar-refractivity contribution in [1.82, 2.24) is 29.2 Å². The number of piperidine rings is 1. The van der Waals surface area contributed by atoms with Gasteiger partial charge in [-0.25, -0.2) is 13.8 Å². The summed E-state index contributed by atoms with van der Waals surface area (Å²) in [5, 5.41) is 0.201. The monoisotopic (exact) mass is 816 g/mol. The van der Waals surface area contributed by atoms with Gasteiger partial charge in [-0.3, -0.25) is 19.3 Å². The van der Waals surface area contributed by atoms with E-state index in [0.717, 1.165) is 23.8 Å². The first-order chi connectivity index (χ1) is 28.2. The van der Waals surface area contributed by atoms with E-state index in [1.54, 1.807) is 33.7 Å². The second kappa shape index (κ2) is 17.4. The van der Waals surface area contributed by atoms with Crippen molar-refractivity contribution in [1.29, 1.82) is 0 Å². The molecule has 0 radical (unpaired) electrons. The molecule has 5 aromatic rings. The first kappa shape index (κ1) is 41.6. The molecule has 2 amide bonds. The Morgan fingerprint density at radius 1 is 0.847 bits per heavy atom. The molecule has 0 unspecified atom stereocenters. The summed E-state index contributed by atoms with van der Waals surface area (Å²) in [6.07, 6.45) is -1.80. The van der Waals surface area contributed by atoms with Crippen molar-refractivity contribution in [3.8, 4) is 11.1 Å². The summed E-state index contributed by atoms with van der Waals surface area (Å²) in [6.45, 7) is 6.90. The summed E-state index contributed by atoms with van der Waals surface area (Å²) in [5.74, 6) is -2.07. The van der Waals surface area contributed by atoms with Crippen molar-refractivity contribution < 1.29 is 36.3 Å². The average Bonchev–Trinajstić information content (AvgIpc) is 3.24. The standard InChI is InChI=1S/C44H45F5N6O4/c1-43(2,42(58)52-23-25-59-26-24-52)53-21-18-34(19-22-53)54(27-29-8-10-30(11-9-29)31-12-15-33(16-13-31)44(47,48)49)38(56)28-55-37(17-14-32-5-3-7-36(45)39(32)46)51-41(57)35-6-4-20-50-40(35)55/h3-13,15-16,20,34H,14,17-19,21-28H2,1-2H3. The lowest BCUT2D eigenvalue weighted by molar-refractivity contribution is -0.149. The fourth-order valence-corrected chi connectivity index (χ4v) is 8.01. The van der Waals surface area contributed by atoms with E-state index in [9.17, 15) is 36.3 Å². The van der Waals surface area contributed by atoms with Gasteiger partial charge in [0.1, 0.15) is 18.0 Å². The zero-order valence-electron chi connectivity index (χ0n) is 32.9. The van der Waals surface area contributed by atoms with Crippen LogP contribution in [0.15, 0.2) is 89.9 Å². The minimum Gasteiger partial charge on any atom is -0.378 e. The molecule has 2 aliphatic heterocycles. The third-order valence-corrected chi connectivity index (χ3v) is 11.4. The summed E-state index contributed by atoms with van der Waals surface area (Å²) < 4.78 is 75.4. The number of aryl methyl sites for hydroxylation is 2. The Kier molecular flexibility index (Phi) is 12.2. The maximum Gasteiger partial charge on any atom is 0.416 e. The highest BCUT2D eigenvalue weighted by Crippen LogP contribution is 2.32. The molecule has 310 valence electrons. The Morgan fingerprint density at radius 3 is 2.17 bits per heavy atom. The van der Waals surface area contributed by atoms with E-state index in [1.807, 2.05) is 30.9 Å². The molecule has 3 aromatic carbocycles. The first-order valence-corrected chi connectivity index (χ1v) is 19.7. The molecule has 2 fully saturated rings. The number of morpholine rings is 1. The third kappa shape index (κ3) is 9.21. The minimum absolute atomic E-state index is 0.00891. The van der Waals surface area contributed by atoms with E-state index in [2.05, 4.69) is 14.9 Å².